The Labute approximate surface area is 130 Å². The van der Waals surface area contributed by atoms with Crippen molar-refractivity contribution < 1.29 is 4.79 Å². The number of carbonyl (C=O) groups is 1. The average molecular weight is 307 g/mol. The molecule has 1 aliphatic heterocycles. The molecule has 0 unspecified atom stereocenters. The third-order valence-corrected chi connectivity index (χ3v) is 6.58. The van der Waals surface area contributed by atoms with Gasteiger partial charge in [-0.3, -0.25) is 4.79 Å². The van der Waals surface area contributed by atoms with Crippen LogP contribution in [0.25, 0.3) is 0 Å². The van der Waals surface area contributed by atoms with Gasteiger partial charge in [-0.1, -0.05) is 0 Å². The maximum atomic E-state index is 12.8. The predicted octanol–water partition coefficient (Wildman–Crippen LogP) is 2.67. The Bertz CT molecular complexity index is 548. The van der Waals surface area contributed by atoms with E-state index in [1.807, 2.05) is 25.8 Å². The zero-order valence-corrected chi connectivity index (χ0v) is 14.2. The minimum atomic E-state index is 0.128. The largest absolute Gasteiger partial charge is 0.338 e. The fraction of sp³-hybridized carbons (Fsp3) is 0.750. The lowest BCUT2D eigenvalue weighted by Gasteiger charge is -2.28. The molecular formula is C16H25N3OS. The number of nitrogens with zero attached hydrogens (tertiary/aromatic N) is 2. The molecule has 21 heavy (non-hydrogen) atoms. The molecule has 5 heteroatoms. The second kappa shape index (κ2) is 5.36. The molecule has 0 bridgehead atoms. The SMILES string of the molecule is Cc1nc(C)c([C@@H](C)N(C)C(=O)[C@H]2CC23CCNCC3)s1. The fourth-order valence-corrected chi connectivity index (χ4v) is 4.74. The van der Waals surface area contributed by atoms with Crippen LogP contribution in [0.2, 0.25) is 0 Å². The molecule has 2 fully saturated rings. The lowest BCUT2D eigenvalue weighted by molar-refractivity contribution is -0.134. The van der Waals surface area contributed by atoms with Gasteiger partial charge in [0.05, 0.1) is 16.7 Å². The van der Waals surface area contributed by atoms with Gasteiger partial charge < -0.3 is 10.2 Å². The summed E-state index contributed by atoms with van der Waals surface area (Å²) in [6.07, 6.45) is 3.40. The Morgan fingerprint density at radius 3 is 2.67 bits per heavy atom. The summed E-state index contributed by atoms with van der Waals surface area (Å²) in [5.41, 5.74) is 1.38. The first kappa shape index (κ1) is 15.0. The number of amides is 1. The molecule has 1 aromatic rings. The van der Waals surface area contributed by atoms with Gasteiger partial charge in [0.1, 0.15) is 0 Å². The molecule has 0 aromatic carbocycles. The van der Waals surface area contributed by atoms with E-state index in [-0.39, 0.29) is 12.0 Å². The minimum absolute atomic E-state index is 0.128. The van der Waals surface area contributed by atoms with Gasteiger partial charge in [0.2, 0.25) is 5.91 Å². The monoisotopic (exact) mass is 307 g/mol. The fourth-order valence-electron chi connectivity index (χ4n) is 3.72. The van der Waals surface area contributed by atoms with Gasteiger partial charge in [0.25, 0.3) is 0 Å². The first-order valence-corrected chi connectivity index (χ1v) is 8.67. The van der Waals surface area contributed by atoms with Crippen molar-refractivity contribution in [3.05, 3.63) is 15.6 Å². The summed E-state index contributed by atoms with van der Waals surface area (Å²) in [7, 11) is 1.95. The first-order valence-electron chi connectivity index (χ1n) is 7.86. The number of hydrogen-bond acceptors (Lipinski definition) is 4. The number of aryl methyl sites for hydroxylation is 2. The van der Waals surface area contributed by atoms with E-state index in [1.54, 1.807) is 11.3 Å². The van der Waals surface area contributed by atoms with E-state index in [1.165, 1.54) is 4.88 Å². The van der Waals surface area contributed by atoms with Crippen molar-refractivity contribution in [1.29, 1.82) is 0 Å². The second-order valence-corrected chi connectivity index (χ2v) is 7.91. The number of hydrogen-bond donors (Lipinski definition) is 1. The van der Waals surface area contributed by atoms with Gasteiger partial charge in [0.15, 0.2) is 0 Å². The number of carbonyl (C=O) groups excluding carboxylic acids is 1. The molecule has 2 atom stereocenters. The summed E-state index contributed by atoms with van der Waals surface area (Å²) >= 11 is 1.71. The highest BCUT2D eigenvalue weighted by Gasteiger charge is 2.58. The van der Waals surface area contributed by atoms with Crippen LogP contribution in [0, 0.1) is 25.2 Å². The minimum Gasteiger partial charge on any atom is -0.338 e. The second-order valence-electron chi connectivity index (χ2n) is 6.68. The molecule has 1 saturated heterocycles. The van der Waals surface area contributed by atoms with Crippen LogP contribution in [0.1, 0.15) is 47.8 Å². The molecule has 4 nitrogen and oxygen atoms in total. The molecule has 1 amide bonds. The van der Waals surface area contributed by atoms with Gasteiger partial charge in [-0.25, -0.2) is 4.98 Å². The van der Waals surface area contributed by atoms with Crippen molar-refractivity contribution in [3.63, 3.8) is 0 Å². The van der Waals surface area contributed by atoms with Gasteiger partial charge in [-0.2, -0.15) is 0 Å². The Hall–Kier alpha value is -0.940. The summed E-state index contributed by atoms with van der Waals surface area (Å²) in [5, 5.41) is 4.48. The molecule has 116 valence electrons. The molecule has 1 aliphatic carbocycles. The highest BCUT2D eigenvalue weighted by Crippen LogP contribution is 2.59. The molecule has 1 spiro atoms. The third-order valence-electron chi connectivity index (χ3n) is 5.33. The lowest BCUT2D eigenvalue weighted by Crippen LogP contribution is -2.35. The van der Waals surface area contributed by atoms with Crippen LogP contribution in [0.15, 0.2) is 0 Å². The van der Waals surface area contributed by atoms with E-state index in [2.05, 4.69) is 17.2 Å². The van der Waals surface area contributed by atoms with Gasteiger partial charge in [-0.15, -0.1) is 11.3 Å². The van der Waals surface area contributed by atoms with Crippen molar-refractivity contribution in [2.24, 2.45) is 11.3 Å². The number of piperidine rings is 1. The number of rotatable bonds is 3. The van der Waals surface area contributed by atoms with E-state index in [0.717, 1.165) is 43.1 Å². The topological polar surface area (TPSA) is 45.2 Å². The van der Waals surface area contributed by atoms with Crippen LogP contribution < -0.4 is 5.32 Å². The van der Waals surface area contributed by atoms with Crippen LogP contribution in [-0.4, -0.2) is 35.9 Å². The van der Waals surface area contributed by atoms with Crippen LogP contribution in [-0.2, 0) is 4.79 Å². The van der Waals surface area contributed by atoms with Gasteiger partial charge in [-0.05, 0) is 58.5 Å². The Morgan fingerprint density at radius 2 is 2.10 bits per heavy atom. The Morgan fingerprint density at radius 1 is 1.43 bits per heavy atom. The summed E-state index contributed by atoms with van der Waals surface area (Å²) in [5.74, 6) is 0.580. The van der Waals surface area contributed by atoms with E-state index in [0.29, 0.717) is 11.3 Å². The smallest absolute Gasteiger partial charge is 0.226 e. The number of thiazole rings is 1. The zero-order chi connectivity index (χ0) is 15.2. The third kappa shape index (κ3) is 2.61. The van der Waals surface area contributed by atoms with Crippen molar-refractivity contribution in [1.82, 2.24) is 15.2 Å². The summed E-state index contributed by atoms with van der Waals surface area (Å²) in [4.78, 5) is 20.5. The van der Waals surface area contributed by atoms with E-state index in [4.69, 9.17) is 0 Å². The number of aromatic nitrogens is 1. The van der Waals surface area contributed by atoms with Crippen LogP contribution >= 0.6 is 11.3 Å². The standard InChI is InChI=1S/C16H25N3OS/c1-10-14(21-12(3)18-10)11(2)19(4)15(20)13-9-16(13)5-7-17-8-6-16/h11,13,17H,5-9H2,1-4H3/t11-,13-/m1/s1. The van der Waals surface area contributed by atoms with Gasteiger partial charge in [0, 0.05) is 17.8 Å². The van der Waals surface area contributed by atoms with E-state index >= 15 is 0 Å². The van der Waals surface area contributed by atoms with Crippen molar-refractivity contribution in [3.8, 4) is 0 Å². The summed E-state index contributed by atoms with van der Waals surface area (Å²) in [6.45, 7) is 8.32. The molecule has 2 heterocycles. The van der Waals surface area contributed by atoms with Crippen LogP contribution in [0.3, 0.4) is 0 Å². The van der Waals surface area contributed by atoms with Crippen LogP contribution in [0.4, 0.5) is 0 Å². The van der Waals surface area contributed by atoms with E-state index < -0.39 is 0 Å². The summed E-state index contributed by atoms with van der Waals surface area (Å²) in [6, 6.07) is 0.128. The highest BCUT2D eigenvalue weighted by atomic mass is 32.1. The first-order chi connectivity index (χ1) is 9.94. The number of nitrogens with one attached hydrogen (secondary N) is 1. The predicted molar refractivity (Wildman–Crippen MR) is 85.4 cm³/mol. The maximum absolute atomic E-state index is 12.8. The van der Waals surface area contributed by atoms with Crippen molar-refractivity contribution >= 4 is 17.2 Å². The quantitative estimate of drug-likeness (QED) is 0.934. The normalized spacial score (nSPS) is 24.9. The Kier molecular flexibility index (Phi) is 3.82. The van der Waals surface area contributed by atoms with Gasteiger partial charge >= 0.3 is 0 Å². The van der Waals surface area contributed by atoms with Crippen molar-refractivity contribution in [2.45, 2.75) is 46.1 Å². The maximum Gasteiger partial charge on any atom is 0.226 e. The average Bonchev–Trinajstić information content (AvgIpc) is 3.04. The molecule has 2 aliphatic rings. The highest BCUT2D eigenvalue weighted by molar-refractivity contribution is 7.11. The molecule has 1 N–H and O–H groups in total. The van der Waals surface area contributed by atoms with E-state index in [9.17, 15) is 4.79 Å². The molecule has 1 aromatic heterocycles. The molecule has 1 saturated carbocycles. The summed E-state index contributed by atoms with van der Waals surface area (Å²) < 4.78 is 0. The van der Waals surface area contributed by atoms with Crippen molar-refractivity contribution in [2.75, 3.05) is 20.1 Å². The molecular weight excluding hydrogens is 282 g/mol. The molecule has 3 rings (SSSR count). The zero-order valence-electron chi connectivity index (χ0n) is 13.4. The lowest BCUT2D eigenvalue weighted by atomic mass is 9.91. The Balaban J connectivity index is 1.69. The van der Waals surface area contributed by atoms with Crippen LogP contribution in [0.5, 0.6) is 0 Å². The molecule has 0 radical (unpaired) electrons.